The van der Waals surface area contributed by atoms with Crippen LogP contribution >= 0.6 is 50.6 Å². The van der Waals surface area contributed by atoms with Crippen molar-refractivity contribution >= 4 is 71.9 Å². The van der Waals surface area contributed by atoms with Crippen molar-refractivity contribution in [2.45, 2.75) is 17.7 Å². The van der Waals surface area contributed by atoms with Gasteiger partial charge in [-0.1, -0.05) is 38.9 Å². The molecule has 2 aromatic carbocycles. The van der Waals surface area contributed by atoms with Gasteiger partial charge >= 0.3 is 0 Å². The quantitative estimate of drug-likeness (QED) is 0.364. The lowest BCUT2D eigenvalue weighted by Crippen LogP contribution is -2.11. The van der Waals surface area contributed by atoms with Crippen molar-refractivity contribution in [3.05, 3.63) is 52.0 Å². The Bertz CT molecular complexity index is 851. The summed E-state index contributed by atoms with van der Waals surface area (Å²) >= 11 is 12.5. The number of hydrogen-bond acceptors (Lipinski definition) is 4. The number of thioether (sulfide) groups is 1. The summed E-state index contributed by atoms with van der Waals surface area (Å²) in [5.74, 6) is 0.895. The highest BCUT2D eigenvalue weighted by Gasteiger charge is 2.08. The van der Waals surface area contributed by atoms with E-state index in [1.54, 1.807) is 11.8 Å². The Morgan fingerprint density at radius 1 is 1.25 bits per heavy atom. The lowest BCUT2D eigenvalue weighted by molar-refractivity contribution is -0.116. The van der Waals surface area contributed by atoms with Crippen molar-refractivity contribution in [3.8, 4) is 0 Å². The number of hydrogen-bond donors (Lipinski definition) is 1. The molecule has 0 fully saturated rings. The van der Waals surface area contributed by atoms with E-state index < -0.39 is 0 Å². The molecule has 0 spiro atoms. The molecule has 124 valence electrons. The SMILES string of the molecule is O=C(CCCSc1ccc(Cl)cc1)Nc1nc2ccc(Br)cc2s1. The van der Waals surface area contributed by atoms with Gasteiger partial charge in [0, 0.05) is 20.8 Å². The largest absolute Gasteiger partial charge is 0.302 e. The number of amides is 1. The zero-order chi connectivity index (χ0) is 16.9. The summed E-state index contributed by atoms with van der Waals surface area (Å²) in [6.07, 6.45) is 1.30. The van der Waals surface area contributed by atoms with Crippen molar-refractivity contribution in [1.82, 2.24) is 4.98 Å². The van der Waals surface area contributed by atoms with Crippen LogP contribution in [0.5, 0.6) is 0 Å². The van der Waals surface area contributed by atoms with Crippen LogP contribution in [0.25, 0.3) is 10.2 Å². The van der Waals surface area contributed by atoms with Gasteiger partial charge in [-0.2, -0.15) is 0 Å². The molecule has 0 saturated heterocycles. The minimum Gasteiger partial charge on any atom is -0.302 e. The normalized spacial score (nSPS) is 10.9. The Labute approximate surface area is 161 Å². The van der Waals surface area contributed by atoms with Gasteiger partial charge in [0.15, 0.2) is 5.13 Å². The third-order valence-electron chi connectivity index (χ3n) is 3.23. The van der Waals surface area contributed by atoms with Crippen LogP contribution < -0.4 is 5.32 Å². The van der Waals surface area contributed by atoms with Gasteiger partial charge in [0.25, 0.3) is 0 Å². The second-order valence-corrected chi connectivity index (χ2v) is 8.64. The Kier molecular flexibility index (Phi) is 6.16. The molecule has 7 heteroatoms. The minimum atomic E-state index is 0.00447. The summed E-state index contributed by atoms with van der Waals surface area (Å²) in [6.45, 7) is 0. The molecule has 1 N–H and O–H groups in total. The number of nitrogens with zero attached hydrogens (tertiary/aromatic N) is 1. The molecule has 0 aliphatic carbocycles. The number of thiazole rings is 1. The molecule has 0 radical (unpaired) electrons. The van der Waals surface area contributed by atoms with E-state index in [1.807, 2.05) is 42.5 Å². The number of aromatic nitrogens is 1. The van der Waals surface area contributed by atoms with Crippen molar-refractivity contribution in [3.63, 3.8) is 0 Å². The number of rotatable bonds is 6. The molecule has 24 heavy (non-hydrogen) atoms. The summed E-state index contributed by atoms with van der Waals surface area (Å²) in [5.41, 5.74) is 0.900. The van der Waals surface area contributed by atoms with E-state index in [0.717, 1.165) is 36.8 Å². The van der Waals surface area contributed by atoms with E-state index in [4.69, 9.17) is 11.6 Å². The Morgan fingerprint density at radius 2 is 2.04 bits per heavy atom. The first-order chi connectivity index (χ1) is 11.6. The van der Waals surface area contributed by atoms with Crippen LogP contribution in [-0.4, -0.2) is 16.6 Å². The monoisotopic (exact) mass is 440 g/mol. The number of carbonyl (C=O) groups excluding carboxylic acids is 1. The Hall–Kier alpha value is -1.08. The lowest BCUT2D eigenvalue weighted by atomic mass is 10.3. The summed E-state index contributed by atoms with van der Waals surface area (Å²) in [4.78, 5) is 17.6. The zero-order valence-electron chi connectivity index (χ0n) is 12.6. The van der Waals surface area contributed by atoms with E-state index in [1.165, 1.54) is 11.3 Å². The highest BCUT2D eigenvalue weighted by Crippen LogP contribution is 2.28. The van der Waals surface area contributed by atoms with Gasteiger partial charge in [0.1, 0.15) is 0 Å². The topological polar surface area (TPSA) is 42.0 Å². The zero-order valence-corrected chi connectivity index (χ0v) is 16.6. The average molecular weight is 442 g/mol. The number of nitrogens with one attached hydrogen (secondary N) is 1. The van der Waals surface area contributed by atoms with Gasteiger partial charge in [0.2, 0.25) is 5.91 Å². The van der Waals surface area contributed by atoms with Crippen LogP contribution in [-0.2, 0) is 4.79 Å². The smallest absolute Gasteiger partial charge is 0.226 e. The molecule has 1 amide bonds. The van der Waals surface area contributed by atoms with Crippen molar-refractivity contribution in [1.29, 1.82) is 0 Å². The maximum Gasteiger partial charge on any atom is 0.226 e. The molecular formula is C17H14BrClN2OS2. The first kappa shape index (κ1) is 17.7. The summed E-state index contributed by atoms with van der Waals surface area (Å²) in [7, 11) is 0. The van der Waals surface area contributed by atoms with Crippen molar-refractivity contribution < 1.29 is 4.79 Å². The van der Waals surface area contributed by atoms with Gasteiger partial charge in [-0.05, 0) is 54.6 Å². The molecule has 3 nitrogen and oxygen atoms in total. The average Bonchev–Trinajstić information content (AvgIpc) is 2.94. The number of carbonyl (C=O) groups is 1. The van der Waals surface area contributed by atoms with Crippen molar-refractivity contribution in [2.75, 3.05) is 11.1 Å². The highest BCUT2D eigenvalue weighted by atomic mass is 79.9. The lowest BCUT2D eigenvalue weighted by Gasteiger charge is -2.02. The summed E-state index contributed by atoms with van der Waals surface area (Å²) in [5, 5.41) is 4.27. The molecule has 1 heterocycles. The molecule has 0 saturated carbocycles. The van der Waals surface area contributed by atoms with Gasteiger partial charge in [-0.25, -0.2) is 4.98 Å². The second-order valence-electron chi connectivity index (χ2n) is 5.09. The Morgan fingerprint density at radius 3 is 2.83 bits per heavy atom. The van der Waals surface area contributed by atoms with Crippen LogP contribution in [0.3, 0.4) is 0 Å². The van der Waals surface area contributed by atoms with E-state index in [-0.39, 0.29) is 5.91 Å². The van der Waals surface area contributed by atoms with E-state index in [0.29, 0.717) is 11.6 Å². The molecule has 1 aromatic heterocycles. The molecular weight excluding hydrogens is 428 g/mol. The minimum absolute atomic E-state index is 0.00447. The molecule has 0 aliphatic heterocycles. The fraction of sp³-hybridized carbons (Fsp3) is 0.176. The third kappa shape index (κ3) is 4.96. The summed E-state index contributed by atoms with van der Waals surface area (Å²) in [6, 6.07) is 13.6. The molecule has 3 rings (SSSR count). The number of benzene rings is 2. The standard InChI is InChI=1S/C17H14BrClN2OS2/c18-11-3-8-14-15(10-11)24-17(20-14)21-16(22)2-1-9-23-13-6-4-12(19)5-7-13/h3-8,10H,1-2,9H2,(H,20,21,22). The van der Waals surface area contributed by atoms with E-state index >= 15 is 0 Å². The molecule has 0 atom stereocenters. The van der Waals surface area contributed by atoms with Crippen LogP contribution in [0.1, 0.15) is 12.8 Å². The number of anilines is 1. The fourth-order valence-electron chi connectivity index (χ4n) is 2.09. The maximum atomic E-state index is 12.0. The van der Waals surface area contributed by atoms with Crippen LogP contribution in [0.2, 0.25) is 5.02 Å². The van der Waals surface area contributed by atoms with E-state index in [2.05, 4.69) is 26.2 Å². The first-order valence-electron chi connectivity index (χ1n) is 7.34. The van der Waals surface area contributed by atoms with Gasteiger partial charge in [0.05, 0.1) is 10.2 Å². The maximum absolute atomic E-state index is 12.0. The van der Waals surface area contributed by atoms with Gasteiger partial charge in [-0.15, -0.1) is 11.8 Å². The van der Waals surface area contributed by atoms with E-state index in [9.17, 15) is 4.79 Å². The second kappa shape index (κ2) is 8.34. The molecule has 0 bridgehead atoms. The predicted molar refractivity (Wildman–Crippen MR) is 107 cm³/mol. The highest BCUT2D eigenvalue weighted by molar-refractivity contribution is 9.10. The predicted octanol–water partition coefficient (Wildman–Crippen LogP) is 6.22. The van der Waals surface area contributed by atoms with Gasteiger partial charge < -0.3 is 5.32 Å². The molecule has 0 unspecified atom stereocenters. The first-order valence-corrected chi connectivity index (χ1v) is 10.3. The van der Waals surface area contributed by atoms with Gasteiger partial charge in [-0.3, -0.25) is 4.79 Å². The Balaban J connectivity index is 1.45. The summed E-state index contributed by atoms with van der Waals surface area (Å²) < 4.78 is 2.06. The van der Waals surface area contributed by atoms with Crippen LogP contribution in [0.15, 0.2) is 51.8 Å². The molecule has 3 aromatic rings. The van der Waals surface area contributed by atoms with Crippen LogP contribution in [0, 0.1) is 0 Å². The molecule has 0 aliphatic rings. The number of fused-ring (bicyclic) bond motifs is 1. The number of halogens is 2. The van der Waals surface area contributed by atoms with Crippen molar-refractivity contribution in [2.24, 2.45) is 0 Å². The fourth-order valence-corrected chi connectivity index (χ4v) is 4.50. The van der Waals surface area contributed by atoms with Crippen LogP contribution in [0.4, 0.5) is 5.13 Å². The third-order valence-corrected chi connectivity index (χ3v) is 6.00.